The van der Waals surface area contributed by atoms with Gasteiger partial charge in [0.1, 0.15) is 11.5 Å². The van der Waals surface area contributed by atoms with Crippen LogP contribution in [-0.4, -0.2) is 36.8 Å². The predicted molar refractivity (Wildman–Crippen MR) is 101 cm³/mol. The van der Waals surface area contributed by atoms with Crippen molar-refractivity contribution >= 4 is 17.7 Å². The fraction of sp³-hybridized carbons (Fsp3) is 0.400. The van der Waals surface area contributed by atoms with Crippen molar-refractivity contribution in [3.05, 3.63) is 46.6 Å². The maximum Gasteiger partial charge on any atom is 0.355 e. The number of hydrogen-bond acceptors (Lipinski definition) is 4. The van der Waals surface area contributed by atoms with Crippen molar-refractivity contribution in [1.82, 2.24) is 9.88 Å². The number of anilines is 1. The smallest absolute Gasteiger partial charge is 0.355 e. The van der Waals surface area contributed by atoms with E-state index >= 15 is 0 Å². The Kier molecular flexibility index (Phi) is 4.76. The molecule has 1 amide bonds. The minimum absolute atomic E-state index is 0.00731. The van der Waals surface area contributed by atoms with Gasteiger partial charge in [-0.15, -0.1) is 0 Å². The second-order valence-corrected chi connectivity index (χ2v) is 6.87. The molecule has 3 rings (SSSR count). The molecule has 1 aromatic heterocycles. The van der Waals surface area contributed by atoms with Crippen LogP contribution in [0.2, 0.25) is 0 Å². The van der Waals surface area contributed by atoms with E-state index in [2.05, 4.69) is 5.32 Å². The number of carbonyl (C=O) groups excluding carboxylic acids is 2. The molecule has 2 aromatic rings. The Balaban J connectivity index is 2.40. The third-order valence-corrected chi connectivity index (χ3v) is 4.59. The fourth-order valence-corrected chi connectivity index (χ4v) is 3.42. The summed E-state index contributed by atoms with van der Waals surface area (Å²) in [5.41, 5.74) is 3.67. The molecule has 0 fully saturated rings. The molecular formula is C20H25N3O3. The number of esters is 1. The zero-order valence-corrected chi connectivity index (χ0v) is 15.9. The second-order valence-electron chi connectivity index (χ2n) is 6.87. The van der Waals surface area contributed by atoms with Gasteiger partial charge in [-0.25, -0.2) is 4.79 Å². The number of amides is 1. The van der Waals surface area contributed by atoms with Gasteiger partial charge in [0.15, 0.2) is 0 Å². The number of rotatable bonds is 4. The van der Waals surface area contributed by atoms with Crippen molar-refractivity contribution in [3.63, 3.8) is 0 Å². The van der Waals surface area contributed by atoms with Crippen LogP contribution in [0.5, 0.6) is 0 Å². The number of nitrogens with zero attached hydrogens (tertiary/aromatic N) is 2. The highest BCUT2D eigenvalue weighted by molar-refractivity contribution is 6.07. The average molecular weight is 355 g/mol. The number of ether oxygens (including phenoxy) is 1. The van der Waals surface area contributed by atoms with Gasteiger partial charge in [0, 0.05) is 18.3 Å². The molecule has 6 nitrogen and oxygen atoms in total. The van der Waals surface area contributed by atoms with Crippen LogP contribution >= 0.6 is 0 Å². The van der Waals surface area contributed by atoms with Crippen LogP contribution in [0.1, 0.15) is 58.7 Å². The zero-order chi connectivity index (χ0) is 19.0. The fourth-order valence-electron chi connectivity index (χ4n) is 3.42. The Bertz CT molecular complexity index is 850. The van der Waals surface area contributed by atoms with E-state index in [0.717, 1.165) is 22.6 Å². The van der Waals surface area contributed by atoms with Crippen molar-refractivity contribution in [1.29, 1.82) is 0 Å². The summed E-state index contributed by atoms with van der Waals surface area (Å²) in [7, 11) is 1.90. The van der Waals surface area contributed by atoms with Crippen LogP contribution < -0.4 is 10.2 Å². The molecule has 0 radical (unpaired) electrons. The largest absolute Gasteiger partial charge is 0.461 e. The summed E-state index contributed by atoms with van der Waals surface area (Å²) < 4.78 is 7.20. The molecule has 0 bridgehead atoms. The number of hydrogen-bond donors (Lipinski definition) is 1. The van der Waals surface area contributed by atoms with Gasteiger partial charge in [0.05, 0.1) is 18.8 Å². The number of fused-ring (bicyclic) bond motifs is 1. The van der Waals surface area contributed by atoms with Crippen molar-refractivity contribution in [2.24, 2.45) is 0 Å². The van der Waals surface area contributed by atoms with Crippen molar-refractivity contribution in [2.45, 2.75) is 33.6 Å². The lowest BCUT2D eigenvalue weighted by atomic mass is 9.97. The second kappa shape index (κ2) is 6.86. The number of carbonyl (C=O) groups is 2. The van der Waals surface area contributed by atoms with Crippen molar-refractivity contribution in [3.8, 4) is 5.69 Å². The molecule has 0 aliphatic carbocycles. The minimum Gasteiger partial charge on any atom is -0.461 e. The quantitative estimate of drug-likeness (QED) is 0.856. The zero-order valence-electron chi connectivity index (χ0n) is 15.9. The van der Waals surface area contributed by atoms with Gasteiger partial charge in [0.2, 0.25) is 0 Å². The lowest BCUT2D eigenvalue weighted by Gasteiger charge is -2.28. The van der Waals surface area contributed by atoms with Gasteiger partial charge < -0.3 is 15.0 Å². The lowest BCUT2D eigenvalue weighted by Crippen LogP contribution is -2.42. The third-order valence-electron chi connectivity index (χ3n) is 4.59. The van der Waals surface area contributed by atoms with Crippen LogP contribution in [0, 0.1) is 6.92 Å². The molecule has 0 saturated carbocycles. The molecule has 6 heteroatoms. The molecule has 0 spiro atoms. The maximum atomic E-state index is 12.9. The molecule has 26 heavy (non-hydrogen) atoms. The van der Waals surface area contributed by atoms with Crippen molar-refractivity contribution < 1.29 is 14.3 Å². The third kappa shape index (κ3) is 2.85. The lowest BCUT2D eigenvalue weighted by molar-refractivity contribution is 0.0515. The molecule has 0 unspecified atom stereocenters. The Morgan fingerprint density at radius 2 is 1.92 bits per heavy atom. The van der Waals surface area contributed by atoms with E-state index in [1.807, 2.05) is 61.6 Å². The monoisotopic (exact) mass is 355 g/mol. The van der Waals surface area contributed by atoms with Gasteiger partial charge in [0.25, 0.3) is 5.91 Å². The standard InChI is InChI=1S/C20H25N3O3/c1-6-26-20(25)17-15(12(2)3)16-18(24)21-11-22(5)19(16)23(17)14-9-7-13(4)8-10-14/h7-10,12H,6,11H2,1-5H3,(H,21,24). The SMILES string of the molecule is CCOC(=O)c1c(C(C)C)c2c(n1-c1ccc(C)cc1)N(C)CNC2=O. The first-order valence-corrected chi connectivity index (χ1v) is 8.88. The number of benzene rings is 1. The van der Waals surface area contributed by atoms with Gasteiger partial charge in [-0.3, -0.25) is 9.36 Å². The summed E-state index contributed by atoms with van der Waals surface area (Å²) >= 11 is 0. The molecular weight excluding hydrogens is 330 g/mol. The summed E-state index contributed by atoms with van der Waals surface area (Å²) in [4.78, 5) is 27.5. The minimum atomic E-state index is -0.410. The molecule has 1 aromatic carbocycles. The normalized spacial score (nSPS) is 13.6. The molecule has 0 saturated heterocycles. The van der Waals surface area contributed by atoms with E-state index in [0.29, 0.717) is 17.9 Å². The average Bonchev–Trinajstić information content (AvgIpc) is 2.97. The summed E-state index contributed by atoms with van der Waals surface area (Å²) in [6.07, 6.45) is 0. The summed E-state index contributed by atoms with van der Waals surface area (Å²) in [5.74, 6) is 0.155. The van der Waals surface area contributed by atoms with Gasteiger partial charge in [-0.1, -0.05) is 31.5 Å². The van der Waals surface area contributed by atoms with Crippen LogP contribution in [0.15, 0.2) is 24.3 Å². The number of aromatic nitrogens is 1. The van der Waals surface area contributed by atoms with E-state index in [1.165, 1.54) is 0 Å². The van der Waals surface area contributed by atoms with Crippen LogP contribution in [-0.2, 0) is 4.74 Å². The van der Waals surface area contributed by atoms with E-state index in [-0.39, 0.29) is 18.4 Å². The van der Waals surface area contributed by atoms with Gasteiger partial charge in [-0.05, 0) is 31.9 Å². The Hall–Kier alpha value is -2.76. The number of aryl methyl sites for hydroxylation is 1. The van der Waals surface area contributed by atoms with E-state index in [1.54, 1.807) is 6.92 Å². The maximum absolute atomic E-state index is 12.9. The molecule has 1 aliphatic rings. The highest BCUT2D eigenvalue weighted by Gasteiger charge is 2.36. The Morgan fingerprint density at radius 3 is 2.50 bits per heavy atom. The first-order chi connectivity index (χ1) is 12.4. The Morgan fingerprint density at radius 1 is 1.27 bits per heavy atom. The van der Waals surface area contributed by atoms with Crippen LogP contribution in [0.3, 0.4) is 0 Å². The van der Waals surface area contributed by atoms with Crippen LogP contribution in [0.25, 0.3) is 5.69 Å². The predicted octanol–water partition coefficient (Wildman–Crippen LogP) is 3.22. The molecule has 1 N–H and O–H groups in total. The summed E-state index contributed by atoms with van der Waals surface area (Å²) in [5, 5.41) is 2.88. The van der Waals surface area contributed by atoms with E-state index < -0.39 is 5.97 Å². The molecule has 2 heterocycles. The van der Waals surface area contributed by atoms with Crippen molar-refractivity contribution in [2.75, 3.05) is 25.2 Å². The van der Waals surface area contributed by atoms with E-state index in [9.17, 15) is 9.59 Å². The van der Waals surface area contributed by atoms with Gasteiger partial charge >= 0.3 is 5.97 Å². The topological polar surface area (TPSA) is 63.6 Å². The summed E-state index contributed by atoms with van der Waals surface area (Å²) in [6.45, 7) is 8.44. The van der Waals surface area contributed by atoms with Crippen LogP contribution in [0.4, 0.5) is 5.82 Å². The Labute approximate surface area is 153 Å². The molecule has 0 atom stereocenters. The van der Waals surface area contributed by atoms with Gasteiger partial charge in [-0.2, -0.15) is 0 Å². The first-order valence-electron chi connectivity index (χ1n) is 8.88. The highest BCUT2D eigenvalue weighted by atomic mass is 16.5. The molecule has 1 aliphatic heterocycles. The van der Waals surface area contributed by atoms with E-state index in [4.69, 9.17) is 4.74 Å². The molecule has 138 valence electrons. The first kappa shape index (κ1) is 18.0. The highest BCUT2D eigenvalue weighted by Crippen LogP contribution is 2.39. The summed E-state index contributed by atoms with van der Waals surface area (Å²) in [6, 6.07) is 7.91. The number of nitrogens with one attached hydrogen (secondary N) is 1.